The van der Waals surface area contributed by atoms with Crippen LogP contribution in [0, 0.1) is 17.0 Å². The van der Waals surface area contributed by atoms with Gasteiger partial charge in [-0.05, 0) is 19.1 Å². The van der Waals surface area contributed by atoms with E-state index in [4.69, 9.17) is 4.42 Å². The molecular weight excluding hydrogens is 307 g/mol. The molecule has 0 spiro atoms. The van der Waals surface area contributed by atoms with Gasteiger partial charge in [-0.25, -0.2) is 4.98 Å². The van der Waals surface area contributed by atoms with E-state index in [0.29, 0.717) is 12.1 Å². The number of hydrogen-bond acceptors (Lipinski definition) is 5. The molecular formula is C12H8F3N3O4. The van der Waals surface area contributed by atoms with Crippen molar-refractivity contribution in [3.8, 4) is 0 Å². The summed E-state index contributed by atoms with van der Waals surface area (Å²) in [5.41, 5.74) is -2.88. The molecule has 1 aromatic heterocycles. The predicted molar refractivity (Wildman–Crippen MR) is 67.3 cm³/mol. The van der Waals surface area contributed by atoms with Crippen LogP contribution in [0.2, 0.25) is 0 Å². The number of hydrogen-bond donors (Lipinski definition) is 1. The molecule has 10 heteroatoms. The molecule has 22 heavy (non-hydrogen) atoms. The number of nitrogens with one attached hydrogen (secondary N) is 1. The smallest absolute Gasteiger partial charge is 0.423 e. The van der Waals surface area contributed by atoms with Gasteiger partial charge in [0.05, 0.1) is 4.92 Å². The van der Waals surface area contributed by atoms with Crippen LogP contribution >= 0.6 is 0 Å². The maximum Gasteiger partial charge on any atom is 0.423 e. The summed E-state index contributed by atoms with van der Waals surface area (Å²) in [6.45, 7) is 1.46. The van der Waals surface area contributed by atoms with E-state index >= 15 is 0 Å². The number of nitrogens with zero attached hydrogens (tertiary/aromatic N) is 2. The molecule has 2 aromatic rings. The lowest BCUT2D eigenvalue weighted by atomic mass is 10.1. The minimum Gasteiger partial charge on any atom is -0.448 e. The Morgan fingerprint density at radius 3 is 2.59 bits per heavy atom. The summed E-state index contributed by atoms with van der Waals surface area (Å²) in [7, 11) is 0. The van der Waals surface area contributed by atoms with Crippen LogP contribution in [0.5, 0.6) is 0 Å². The zero-order valence-electron chi connectivity index (χ0n) is 11.0. The first-order valence-electron chi connectivity index (χ1n) is 5.77. The zero-order chi connectivity index (χ0) is 16.5. The highest BCUT2D eigenvalue weighted by Crippen LogP contribution is 2.37. The lowest BCUT2D eigenvalue weighted by Gasteiger charge is -2.10. The number of benzene rings is 1. The number of halogens is 3. The lowest BCUT2D eigenvalue weighted by Crippen LogP contribution is -2.15. The zero-order valence-corrected chi connectivity index (χ0v) is 11.0. The van der Waals surface area contributed by atoms with Crippen LogP contribution in [-0.4, -0.2) is 15.8 Å². The van der Waals surface area contributed by atoms with E-state index in [1.807, 2.05) is 0 Å². The molecule has 0 unspecified atom stereocenters. The summed E-state index contributed by atoms with van der Waals surface area (Å²) in [5.74, 6) is -0.594. The Morgan fingerprint density at radius 2 is 2.09 bits per heavy atom. The Hall–Kier alpha value is -2.91. The Balaban J connectivity index is 2.35. The molecule has 0 saturated heterocycles. The molecule has 1 heterocycles. The molecule has 116 valence electrons. The van der Waals surface area contributed by atoms with E-state index in [1.54, 1.807) is 0 Å². The third-order valence-corrected chi connectivity index (χ3v) is 2.72. The van der Waals surface area contributed by atoms with Gasteiger partial charge < -0.3 is 9.73 Å². The SMILES string of the molecule is Cc1ocnc1C(=O)Nc1ccc([N+](=O)[O-])c(C(F)(F)F)c1. The van der Waals surface area contributed by atoms with Gasteiger partial charge in [-0.15, -0.1) is 0 Å². The molecule has 1 N–H and O–H groups in total. The molecule has 0 radical (unpaired) electrons. The van der Waals surface area contributed by atoms with Crippen LogP contribution in [-0.2, 0) is 6.18 Å². The van der Waals surface area contributed by atoms with E-state index in [0.717, 1.165) is 12.5 Å². The molecule has 0 aliphatic rings. The minimum absolute atomic E-state index is 0.0908. The first kappa shape index (κ1) is 15.5. The molecule has 0 aliphatic carbocycles. The highest BCUT2D eigenvalue weighted by Gasteiger charge is 2.38. The van der Waals surface area contributed by atoms with Crippen molar-refractivity contribution in [2.45, 2.75) is 13.1 Å². The second-order valence-electron chi connectivity index (χ2n) is 4.20. The van der Waals surface area contributed by atoms with Gasteiger partial charge in [-0.3, -0.25) is 14.9 Å². The standard InChI is InChI=1S/C12H8F3N3O4/c1-6-10(16-5-22-6)11(19)17-7-2-3-9(18(20)21)8(4-7)12(13,14)15/h2-5H,1H3,(H,17,19). The van der Waals surface area contributed by atoms with Crippen LogP contribution in [0.1, 0.15) is 21.8 Å². The second kappa shape index (κ2) is 5.47. The van der Waals surface area contributed by atoms with Crippen molar-refractivity contribution in [2.75, 3.05) is 5.32 Å². The van der Waals surface area contributed by atoms with Gasteiger partial charge in [0.25, 0.3) is 11.6 Å². The normalized spacial score (nSPS) is 11.3. The molecule has 1 amide bonds. The largest absolute Gasteiger partial charge is 0.448 e. The van der Waals surface area contributed by atoms with Crippen LogP contribution < -0.4 is 5.32 Å². The van der Waals surface area contributed by atoms with Gasteiger partial charge in [0.2, 0.25) is 0 Å². The fourth-order valence-electron chi connectivity index (χ4n) is 1.71. The van der Waals surface area contributed by atoms with Crippen LogP contribution in [0.4, 0.5) is 24.5 Å². The van der Waals surface area contributed by atoms with Gasteiger partial charge in [-0.1, -0.05) is 0 Å². The second-order valence-corrected chi connectivity index (χ2v) is 4.20. The van der Waals surface area contributed by atoms with Crippen LogP contribution in [0.15, 0.2) is 29.0 Å². The molecule has 0 bridgehead atoms. The van der Waals surface area contributed by atoms with Gasteiger partial charge in [0.15, 0.2) is 12.1 Å². The number of nitro benzene ring substituents is 1. The monoisotopic (exact) mass is 315 g/mol. The first-order chi connectivity index (χ1) is 10.2. The number of rotatable bonds is 3. The van der Waals surface area contributed by atoms with Crippen molar-refractivity contribution < 1.29 is 27.3 Å². The number of alkyl halides is 3. The molecule has 0 saturated carbocycles. The Morgan fingerprint density at radius 1 is 1.41 bits per heavy atom. The minimum atomic E-state index is -4.92. The van der Waals surface area contributed by atoms with Crippen LogP contribution in [0.25, 0.3) is 0 Å². The summed E-state index contributed by atoms with van der Waals surface area (Å²) in [5, 5.41) is 12.8. The first-order valence-corrected chi connectivity index (χ1v) is 5.77. The van der Waals surface area contributed by atoms with E-state index in [9.17, 15) is 28.1 Å². The summed E-state index contributed by atoms with van der Waals surface area (Å²) in [6.07, 6.45) is -3.91. The van der Waals surface area contributed by atoms with Gasteiger partial charge in [0, 0.05) is 11.8 Å². The number of oxazole rings is 1. The highest BCUT2D eigenvalue weighted by molar-refractivity contribution is 6.03. The quantitative estimate of drug-likeness (QED) is 0.693. The van der Waals surface area contributed by atoms with Crippen molar-refractivity contribution >= 4 is 17.3 Å². The summed E-state index contributed by atoms with van der Waals surface area (Å²) < 4.78 is 43.3. The third-order valence-electron chi connectivity index (χ3n) is 2.72. The molecule has 0 aliphatic heterocycles. The van der Waals surface area contributed by atoms with Crippen molar-refractivity contribution in [1.29, 1.82) is 0 Å². The van der Waals surface area contributed by atoms with Crippen molar-refractivity contribution in [1.82, 2.24) is 4.98 Å². The summed E-state index contributed by atoms with van der Waals surface area (Å²) >= 11 is 0. The van der Waals surface area contributed by atoms with E-state index in [-0.39, 0.29) is 17.1 Å². The maximum atomic E-state index is 12.8. The Kier molecular flexibility index (Phi) is 3.85. The molecule has 1 aromatic carbocycles. The number of amides is 1. The van der Waals surface area contributed by atoms with Crippen molar-refractivity contribution in [3.05, 3.63) is 51.7 Å². The van der Waals surface area contributed by atoms with Crippen molar-refractivity contribution in [2.24, 2.45) is 0 Å². The van der Waals surface area contributed by atoms with E-state index < -0.39 is 28.3 Å². The molecule has 0 atom stereocenters. The maximum absolute atomic E-state index is 12.8. The Bertz CT molecular complexity index is 739. The van der Waals surface area contributed by atoms with Gasteiger partial charge in [0.1, 0.15) is 11.3 Å². The van der Waals surface area contributed by atoms with E-state index in [2.05, 4.69) is 10.3 Å². The lowest BCUT2D eigenvalue weighted by molar-refractivity contribution is -0.388. The number of anilines is 1. The average Bonchev–Trinajstić information content (AvgIpc) is 2.83. The van der Waals surface area contributed by atoms with Crippen molar-refractivity contribution in [3.63, 3.8) is 0 Å². The van der Waals surface area contributed by atoms with E-state index in [1.165, 1.54) is 6.92 Å². The number of nitro groups is 1. The fraction of sp³-hybridized carbons (Fsp3) is 0.167. The highest BCUT2D eigenvalue weighted by atomic mass is 19.4. The summed E-state index contributed by atoms with van der Waals surface area (Å²) in [6, 6.07) is 2.17. The molecule has 0 fully saturated rings. The van der Waals surface area contributed by atoms with Gasteiger partial charge >= 0.3 is 6.18 Å². The third kappa shape index (κ3) is 3.05. The fourth-order valence-corrected chi connectivity index (χ4v) is 1.71. The number of aromatic nitrogens is 1. The predicted octanol–water partition coefficient (Wildman–Crippen LogP) is 3.16. The average molecular weight is 315 g/mol. The molecule has 7 nitrogen and oxygen atoms in total. The summed E-state index contributed by atoms with van der Waals surface area (Å²) in [4.78, 5) is 24.9. The topological polar surface area (TPSA) is 98.3 Å². The number of aryl methyl sites for hydroxylation is 1. The number of carbonyl (C=O) groups excluding carboxylic acids is 1. The number of carbonyl (C=O) groups is 1. The molecule has 2 rings (SSSR count). The van der Waals surface area contributed by atoms with Crippen LogP contribution in [0.3, 0.4) is 0 Å². The van der Waals surface area contributed by atoms with Gasteiger partial charge in [-0.2, -0.15) is 13.2 Å². The Labute approximate surface area is 120 Å².